The molecule has 0 bridgehead atoms. The number of para-hydroxylation sites is 1. The zero-order chi connectivity index (χ0) is 15.4. The first kappa shape index (κ1) is 14.9. The van der Waals surface area contributed by atoms with Crippen LogP contribution in [0.3, 0.4) is 0 Å². The van der Waals surface area contributed by atoms with Crippen molar-refractivity contribution in [3.05, 3.63) is 35.5 Å². The van der Waals surface area contributed by atoms with Gasteiger partial charge in [-0.05, 0) is 19.1 Å². The molecule has 112 valence electrons. The molecule has 0 aliphatic carbocycles. The smallest absolute Gasteiger partial charge is 0.343 e. The number of Topliss-reactive ketones (excluding diaryl/α,β-unsaturated/α-hetero) is 1. The van der Waals surface area contributed by atoms with Crippen molar-refractivity contribution in [2.24, 2.45) is 0 Å². The van der Waals surface area contributed by atoms with Crippen LogP contribution in [-0.2, 0) is 9.53 Å². The van der Waals surface area contributed by atoms with Crippen LogP contribution in [0, 0.1) is 0 Å². The Kier molecular flexibility index (Phi) is 4.47. The first-order chi connectivity index (χ1) is 10.0. The van der Waals surface area contributed by atoms with Crippen LogP contribution in [0.1, 0.15) is 17.3 Å². The van der Waals surface area contributed by atoms with Gasteiger partial charge in [-0.25, -0.2) is 4.79 Å². The Hall–Kier alpha value is -2.50. The molecule has 1 aliphatic heterocycles. The minimum absolute atomic E-state index is 0.0502. The van der Waals surface area contributed by atoms with Gasteiger partial charge in [0.2, 0.25) is 12.6 Å². The van der Waals surface area contributed by atoms with E-state index in [1.807, 2.05) is 0 Å². The minimum Gasteiger partial charge on any atom is -0.462 e. The maximum Gasteiger partial charge on any atom is 0.343 e. The van der Waals surface area contributed by atoms with E-state index in [-0.39, 0.29) is 24.5 Å². The quantitative estimate of drug-likeness (QED) is 0.270. The van der Waals surface area contributed by atoms with Crippen LogP contribution in [0.2, 0.25) is 0 Å². The van der Waals surface area contributed by atoms with E-state index in [0.29, 0.717) is 11.5 Å². The summed E-state index contributed by atoms with van der Waals surface area (Å²) in [6.45, 7) is 1.95. The van der Waals surface area contributed by atoms with Crippen molar-refractivity contribution in [3.8, 4) is 11.5 Å². The lowest BCUT2D eigenvalue weighted by Crippen LogP contribution is -2.19. The third kappa shape index (κ3) is 3.16. The van der Waals surface area contributed by atoms with Gasteiger partial charge in [0, 0.05) is 20.3 Å². The lowest BCUT2D eigenvalue weighted by atomic mass is 10.0. The lowest BCUT2D eigenvalue weighted by Gasteiger charge is -2.11. The van der Waals surface area contributed by atoms with E-state index < -0.39 is 11.8 Å². The molecule has 0 atom stereocenters. The number of carbonyl (C=O) groups excluding carboxylic acids is 2. The van der Waals surface area contributed by atoms with Gasteiger partial charge < -0.3 is 19.1 Å². The summed E-state index contributed by atoms with van der Waals surface area (Å²) in [6, 6.07) is 4.98. The SMILES string of the molecule is CCOC(=O)C(=CN(C)C)C(=O)c1cccc2c1OCO2. The van der Waals surface area contributed by atoms with Crippen molar-refractivity contribution in [1.82, 2.24) is 4.90 Å². The van der Waals surface area contributed by atoms with Crippen LogP contribution >= 0.6 is 0 Å². The summed E-state index contributed by atoms with van der Waals surface area (Å²) in [6.07, 6.45) is 1.44. The number of nitrogens with zero attached hydrogens (tertiary/aromatic N) is 1. The van der Waals surface area contributed by atoms with Crippen molar-refractivity contribution in [2.75, 3.05) is 27.5 Å². The number of hydrogen-bond acceptors (Lipinski definition) is 6. The van der Waals surface area contributed by atoms with E-state index in [4.69, 9.17) is 14.2 Å². The van der Waals surface area contributed by atoms with Gasteiger partial charge in [-0.1, -0.05) is 6.07 Å². The van der Waals surface area contributed by atoms with Crippen LogP contribution in [0.25, 0.3) is 0 Å². The zero-order valence-corrected chi connectivity index (χ0v) is 12.2. The highest BCUT2D eigenvalue weighted by molar-refractivity contribution is 6.25. The van der Waals surface area contributed by atoms with Crippen molar-refractivity contribution >= 4 is 11.8 Å². The Morgan fingerprint density at radius 2 is 2.10 bits per heavy atom. The fourth-order valence-corrected chi connectivity index (χ4v) is 1.93. The number of carbonyl (C=O) groups is 2. The largest absolute Gasteiger partial charge is 0.462 e. The number of fused-ring (bicyclic) bond motifs is 1. The second kappa shape index (κ2) is 6.30. The van der Waals surface area contributed by atoms with E-state index in [1.54, 1.807) is 44.1 Å². The number of ketones is 1. The highest BCUT2D eigenvalue weighted by atomic mass is 16.7. The highest BCUT2D eigenvalue weighted by Gasteiger charge is 2.28. The predicted octanol–water partition coefficient (Wildman–Crippen LogP) is 1.61. The van der Waals surface area contributed by atoms with Crippen molar-refractivity contribution in [3.63, 3.8) is 0 Å². The normalized spacial score (nSPS) is 13.0. The number of esters is 1. The average Bonchev–Trinajstić information content (AvgIpc) is 2.92. The lowest BCUT2D eigenvalue weighted by molar-refractivity contribution is -0.138. The number of benzene rings is 1. The van der Waals surface area contributed by atoms with E-state index in [0.717, 1.165) is 0 Å². The fourth-order valence-electron chi connectivity index (χ4n) is 1.93. The molecule has 0 amide bonds. The molecule has 1 aliphatic rings. The number of ether oxygens (including phenoxy) is 3. The molecule has 1 aromatic rings. The maximum absolute atomic E-state index is 12.6. The molecule has 0 unspecified atom stereocenters. The van der Waals surface area contributed by atoms with Gasteiger partial charge in [0.1, 0.15) is 5.57 Å². The van der Waals surface area contributed by atoms with Crippen molar-refractivity contribution in [1.29, 1.82) is 0 Å². The van der Waals surface area contributed by atoms with E-state index in [1.165, 1.54) is 6.20 Å². The number of rotatable bonds is 5. The van der Waals surface area contributed by atoms with Crippen LogP contribution in [0.15, 0.2) is 30.0 Å². The molecule has 1 heterocycles. The maximum atomic E-state index is 12.6. The summed E-state index contributed by atoms with van der Waals surface area (Å²) < 4.78 is 15.5. The molecule has 0 N–H and O–H groups in total. The molecule has 0 aromatic heterocycles. The van der Waals surface area contributed by atoms with E-state index >= 15 is 0 Å². The van der Waals surface area contributed by atoms with Crippen LogP contribution in [0.4, 0.5) is 0 Å². The predicted molar refractivity (Wildman–Crippen MR) is 75.3 cm³/mol. The van der Waals surface area contributed by atoms with E-state index in [9.17, 15) is 9.59 Å². The highest BCUT2D eigenvalue weighted by Crippen LogP contribution is 2.36. The molecule has 0 saturated carbocycles. The van der Waals surface area contributed by atoms with E-state index in [2.05, 4.69) is 0 Å². The second-order valence-corrected chi connectivity index (χ2v) is 4.60. The molecule has 21 heavy (non-hydrogen) atoms. The molecule has 0 radical (unpaired) electrons. The molecule has 0 fully saturated rings. The van der Waals surface area contributed by atoms with Crippen molar-refractivity contribution in [2.45, 2.75) is 6.92 Å². The van der Waals surface area contributed by atoms with Gasteiger partial charge in [-0.15, -0.1) is 0 Å². The Labute approximate surface area is 122 Å². The third-order valence-corrected chi connectivity index (χ3v) is 2.77. The first-order valence-electron chi connectivity index (χ1n) is 6.53. The molecule has 6 heteroatoms. The summed E-state index contributed by atoms with van der Waals surface area (Å²) in [4.78, 5) is 26.2. The van der Waals surface area contributed by atoms with Crippen molar-refractivity contribution < 1.29 is 23.8 Å². The summed E-state index contributed by atoms with van der Waals surface area (Å²) in [7, 11) is 3.45. The van der Waals surface area contributed by atoms with Gasteiger partial charge in [0.25, 0.3) is 0 Å². The molecular formula is C15H17NO5. The summed E-state index contributed by atoms with van der Waals surface area (Å²) in [5, 5.41) is 0. The van der Waals surface area contributed by atoms with Gasteiger partial charge in [-0.3, -0.25) is 4.79 Å². The topological polar surface area (TPSA) is 65.1 Å². The van der Waals surface area contributed by atoms with Gasteiger partial charge in [0.15, 0.2) is 11.5 Å². The molecule has 1 aromatic carbocycles. The third-order valence-electron chi connectivity index (χ3n) is 2.77. The van der Waals surface area contributed by atoms with Crippen LogP contribution < -0.4 is 9.47 Å². The zero-order valence-electron chi connectivity index (χ0n) is 12.2. The summed E-state index contributed by atoms with van der Waals surface area (Å²) >= 11 is 0. The molecule has 6 nitrogen and oxygen atoms in total. The Balaban J connectivity index is 2.40. The fraction of sp³-hybridized carbons (Fsp3) is 0.333. The molecular weight excluding hydrogens is 274 g/mol. The number of hydrogen-bond donors (Lipinski definition) is 0. The van der Waals surface area contributed by atoms with Gasteiger partial charge in [0.05, 0.1) is 12.2 Å². The van der Waals surface area contributed by atoms with Crippen LogP contribution in [0.5, 0.6) is 11.5 Å². The van der Waals surface area contributed by atoms with Crippen LogP contribution in [-0.4, -0.2) is 44.1 Å². The average molecular weight is 291 g/mol. The Bertz CT molecular complexity index is 592. The second-order valence-electron chi connectivity index (χ2n) is 4.60. The first-order valence-corrected chi connectivity index (χ1v) is 6.53. The molecule has 0 spiro atoms. The summed E-state index contributed by atoms with van der Waals surface area (Å²) in [5.41, 5.74) is 0.233. The minimum atomic E-state index is -0.660. The van der Waals surface area contributed by atoms with Gasteiger partial charge >= 0.3 is 5.97 Å². The molecule has 0 saturated heterocycles. The Morgan fingerprint density at radius 3 is 2.76 bits per heavy atom. The molecule has 2 rings (SSSR count). The van der Waals surface area contributed by atoms with Gasteiger partial charge in [-0.2, -0.15) is 0 Å². The summed E-state index contributed by atoms with van der Waals surface area (Å²) in [5.74, 6) is -0.261. The standard InChI is InChI=1S/C15H17NO5/c1-4-19-15(18)11(8-16(2)3)13(17)10-6-5-7-12-14(10)21-9-20-12/h5-8H,4,9H2,1-3H3. The Morgan fingerprint density at radius 1 is 1.33 bits per heavy atom. The monoisotopic (exact) mass is 291 g/mol.